The van der Waals surface area contributed by atoms with E-state index >= 15 is 0 Å². The van der Waals surface area contributed by atoms with Crippen LogP contribution in [-0.2, 0) is 38.1 Å². The maximum Gasteiger partial charge on any atom is 0.331 e. The molecule has 0 aromatic heterocycles. The zero-order valence-corrected chi connectivity index (χ0v) is 14.4. The summed E-state index contributed by atoms with van der Waals surface area (Å²) in [6.07, 6.45) is 0.269. The summed E-state index contributed by atoms with van der Waals surface area (Å²) in [5.74, 6) is -2.54. The van der Waals surface area contributed by atoms with E-state index in [1.165, 1.54) is 13.8 Å². The van der Waals surface area contributed by atoms with Crippen LogP contribution in [-0.4, -0.2) is 49.3 Å². The predicted octanol–water partition coefficient (Wildman–Crippen LogP) is 1.31. The minimum atomic E-state index is -0.790. The lowest BCUT2D eigenvalue weighted by molar-refractivity contribution is -0.153. The second kappa shape index (κ2) is 12.1. The largest absolute Gasteiger partial charge is 0.466 e. The lowest BCUT2D eigenvalue weighted by atomic mass is 10.3. The number of carbonyl (C=O) groups is 4. The van der Waals surface area contributed by atoms with Crippen molar-refractivity contribution >= 4 is 23.9 Å². The second-order valence-electron chi connectivity index (χ2n) is 4.85. The molecule has 8 heteroatoms. The fourth-order valence-electron chi connectivity index (χ4n) is 1.60. The number of hydrogen-bond acceptors (Lipinski definition) is 8. The standard InChI is InChI=1S/C16H24O8/c1-5-21-15(19)9-11(3)23-13(17)7-8-14(18)24-12(4)10-16(20)22-6-2/h7-8,11-12H,5-6,9-10H2,1-4H3/b8-7-. The highest BCUT2D eigenvalue weighted by atomic mass is 16.6. The zero-order chi connectivity index (χ0) is 18.5. The summed E-state index contributed by atoms with van der Waals surface area (Å²) in [5.41, 5.74) is 0. The molecule has 0 saturated heterocycles. The van der Waals surface area contributed by atoms with Gasteiger partial charge in [0.1, 0.15) is 12.2 Å². The third-order valence-electron chi connectivity index (χ3n) is 2.51. The molecule has 0 aliphatic rings. The molecule has 0 N–H and O–H groups in total. The Morgan fingerprint density at radius 1 is 0.750 bits per heavy atom. The number of esters is 4. The van der Waals surface area contributed by atoms with E-state index in [0.717, 1.165) is 12.2 Å². The van der Waals surface area contributed by atoms with E-state index in [1.54, 1.807) is 13.8 Å². The van der Waals surface area contributed by atoms with Crippen molar-refractivity contribution in [3.8, 4) is 0 Å². The lowest BCUT2D eigenvalue weighted by Gasteiger charge is -2.11. The van der Waals surface area contributed by atoms with Gasteiger partial charge in [-0.1, -0.05) is 0 Å². The summed E-state index contributed by atoms with van der Waals surface area (Å²) >= 11 is 0. The van der Waals surface area contributed by atoms with Crippen molar-refractivity contribution in [2.75, 3.05) is 13.2 Å². The van der Waals surface area contributed by atoms with Gasteiger partial charge in [-0.05, 0) is 27.7 Å². The van der Waals surface area contributed by atoms with Crippen molar-refractivity contribution in [3.63, 3.8) is 0 Å². The SMILES string of the molecule is CCOC(=O)CC(C)OC(=O)/C=C\C(=O)OC(C)CC(=O)OCC. The molecule has 0 spiro atoms. The molecule has 0 aliphatic carbocycles. The first kappa shape index (κ1) is 21.6. The Balaban J connectivity index is 4.18. The van der Waals surface area contributed by atoms with Crippen LogP contribution in [0.1, 0.15) is 40.5 Å². The molecule has 0 fully saturated rings. The normalized spacial score (nSPS) is 13.0. The molecule has 0 radical (unpaired) electrons. The van der Waals surface area contributed by atoms with Crippen molar-refractivity contribution in [2.45, 2.75) is 52.7 Å². The van der Waals surface area contributed by atoms with Crippen LogP contribution in [0, 0.1) is 0 Å². The molecular formula is C16H24O8. The molecule has 0 aromatic rings. The minimum Gasteiger partial charge on any atom is -0.466 e. The molecule has 8 nitrogen and oxygen atoms in total. The third kappa shape index (κ3) is 11.2. The van der Waals surface area contributed by atoms with Gasteiger partial charge in [-0.2, -0.15) is 0 Å². The van der Waals surface area contributed by atoms with E-state index in [0.29, 0.717) is 0 Å². The number of rotatable bonds is 10. The fraction of sp³-hybridized carbons (Fsp3) is 0.625. The molecule has 136 valence electrons. The number of hydrogen-bond donors (Lipinski definition) is 0. The summed E-state index contributed by atoms with van der Waals surface area (Å²) in [7, 11) is 0. The van der Waals surface area contributed by atoms with Gasteiger partial charge in [-0.25, -0.2) is 9.59 Å². The molecule has 0 saturated carbocycles. The van der Waals surface area contributed by atoms with Gasteiger partial charge in [0.2, 0.25) is 0 Å². The van der Waals surface area contributed by atoms with Crippen LogP contribution in [0.2, 0.25) is 0 Å². The van der Waals surface area contributed by atoms with Crippen molar-refractivity contribution in [3.05, 3.63) is 12.2 Å². The average Bonchev–Trinajstić information content (AvgIpc) is 2.45. The van der Waals surface area contributed by atoms with Crippen LogP contribution in [0.5, 0.6) is 0 Å². The third-order valence-corrected chi connectivity index (χ3v) is 2.51. The van der Waals surface area contributed by atoms with Gasteiger partial charge >= 0.3 is 23.9 Å². The Morgan fingerprint density at radius 3 is 1.38 bits per heavy atom. The van der Waals surface area contributed by atoms with Crippen molar-refractivity contribution in [1.29, 1.82) is 0 Å². The van der Waals surface area contributed by atoms with Gasteiger partial charge in [0.05, 0.1) is 26.1 Å². The van der Waals surface area contributed by atoms with E-state index in [1.807, 2.05) is 0 Å². The summed E-state index contributed by atoms with van der Waals surface area (Å²) in [5, 5.41) is 0. The predicted molar refractivity (Wildman–Crippen MR) is 82.7 cm³/mol. The highest BCUT2D eigenvalue weighted by molar-refractivity contribution is 5.92. The highest BCUT2D eigenvalue weighted by Gasteiger charge is 2.15. The maximum absolute atomic E-state index is 11.5. The van der Waals surface area contributed by atoms with E-state index in [4.69, 9.17) is 18.9 Å². The molecule has 0 aliphatic heterocycles. The van der Waals surface area contributed by atoms with Crippen molar-refractivity contribution in [1.82, 2.24) is 0 Å². The van der Waals surface area contributed by atoms with E-state index in [2.05, 4.69) is 0 Å². The molecular weight excluding hydrogens is 320 g/mol. The topological polar surface area (TPSA) is 105 Å². The van der Waals surface area contributed by atoms with E-state index in [9.17, 15) is 19.2 Å². The average molecular weight is 344 g/mol. The van der Waals surface area contributed by atoms with Gasteiger partial charge in [0.15, 0.2) is 0 Å². The number of carbonyl (C=O) groups excluding carboxylic acids is 4. The van der Waals surface area contributed by atoms with Crippen molar-refractivity contribution in [2.24, 2.45) is 0 Å². The van der Waals surface area contributed by atoms with Crippen LogP contribution >= 0.6 is 0 Å². The molecule has 0 amide bonds. The first-order valence-electron chi connectivity index (χ1n) is 7.68. The van der Waals surface area contributed by atoms with Gasteiger partial charge in [0, 0.05) is 12.2 Å². The minimum absolute atomic E-state index is 0.0750. The van der Waals surface area contributed by atoms with E-state index < -0.39 is 36.1 Å². The Labute approximate surface area is 141 Å². The Bertz CT molecular complexity index is 427. The van der Waals surface area contributed by atoms with Gasteiger partial charge in [0.25, 0.3) is 0 Å². The van der Waals surface area contributed by atoms with Gasteiger partial charge in [-0.3, -0.25) is 9.59 Å². The van der Waals surface area contributed by atoms with Crippen molar-refractivity contribution < 1.29 is 38.1 Å². The summed E-state index contributed by atoms with van der Waals surface area (Å²) in [6, 6.07) is 0. The summed E-state index contributed by atoms with van der Waals surface area (Å²) in [6.45, 7) is 6.90. The summed E-state index contributed by atoms with van der Waals surface area (Å²) in [4.78, 5) is 45.4. The molecule has 0 rings (SSSR count). The Kier molecular flexibility index (Phi) is 10.9. The highest BCUT2D eigenvalue weighted by Crippen LogP contribution is 2.03. The number of ether oxygens (including phenoxy) is 4. The van der Waals surface area contributed by atoms with Crippen LogP contribution in [0.4, 0.5) is 0 Å². The van der Waals surface area contributed by atoms with E-state index in [-0.39, 0.29) is 26.1 Å². The molecule has 0 bridgehead atoms. The van der Waals surface area contributed by atoms with Crippen LogP contribution in [0.25, 0.3) is 0 Å². The Morgan fingerprint density at radius 2 is 1.08 bits per heavy atom. The molecule has 2 unspecified atom stereocenters. The maximum atomic E-state index is 11.5. The zero-order valence-electron chi connectivity index (χ0n) is 14.4. The van der Waals surface area contributed by atoms with Crippen LogP contribution in [0.3, 0.4) is 0 Å². The molecule has 0 heterocycles. The quantitative estimate of drug-likeness (QED) is 0.332. The second-order valence-corrected chi connectivity index (χ2v) is 4.85. The fourth-order valence-corrected chi connectivity index (χ4v) is 1.60. The Hall–Kier alpha value is -2.38. The molecule has 0 aromatic carbocycles. The lowest BCUT2D eigenvalue weighted by Crippen LogP contribution is -2.20. The van der Waals surface area contributed by atoms with Gasteiger partial charge in [-0.15, -0.1) is 0 Å². The molecule has 24 heavy (non-hydrogen) atoms. The summed E-state index contributed by atoms with van der Waals surface area (Å²) < 4.78 is 19.3. The smallest absolute Gasteiger partial charge is 0.331 e. The van der Waals surface area contributed by atoms with Crippen LogP contribution in [0.15, 0.2) is 12.2 Å². The molecule has 2 atom stereocenters. The first-order chi connectivity index (χ1) is 11.3. The van der Waals surface area contributed by atoms with Crippen LogP contribution < -0.4 is 0 Å². The monoisotopic (exact) mass is 344 g/mol. The van der Waals surface area contributed by atoms with Gasteiger partial charge < -0.3 is 18.9 Å². The first-order valence-corrected chi connectivity index (χ1v) is 7.68.